The Morgan fingerprint density at radius 3 is 1.95 bits per heavy atom. The van der Waals surface area contributed by atoms with Crippen molar-refractivity contribution in [3.8, 4) is 0 Å². The van der Waals surface area contributed by atoms with Crippen LogP contribution in [0.15, 0.2) is 66.7 Å². The van der Waals surface area contributed by atoms with E-state index in [4.69, 9.17) is 0 Å². The largest absolute Gasteiger partial charge is 0.289 e. The van der Waals surface area contributed by atoms with Crippen LogP contribution in [0.1, 0.15) is 41.3 Å². The maximum atomic E-state index is 12.3. The van der Waals surface area contributed by atoms with Crippen molar-refractivity contribution in [2.24, 2.45) is 5.41 Å². The summed E-state index contributed by atoms with van der Waals surface area (Å²) in [7, 11) is 0. The lowest BCUT2D eigenvalue weighted by Crippen LogP contribution is -2.01. The zero-order chi connectivity index (χ0) is 14.3. The molecule has 0 aromatic heterocycles. The van der Waals surface area contributed by atoms with Gasteiger partial charge < -0.3 is 0 Å². The van der Waals surface area contributed by atoms with E-state index >= 15 is 0 Å². The van der Waals surface area contributed by atoms with E-state index in [2.05, 4.69) is 32.6 Å². The quantitative estimate of drug-likeness (QED) is 0.583. The molecular formula is C19H18O. The van der Waals surface area contributed by atoms with Gasteiger partial charge in [-0.15, -0.1) is 0 Å². The minimum absolute atomic E-state index is 0.0750. The van der Waals surface area contributed by atoms with E-state index in [1.807, 2.05) is 42.5 Å². The highest BCUT2D eigenvalue weighted by Crippen LogP contribution is 2.62. The number of carbonyl (C=O) groups is 1. The highest BCUT2D eigenvalue weighted by atomic mass is 16.1. The minimum atomic E-state index is 0.0750. The van der Waals surface area contributed by atoms with Crippen molar-refractivity contribution in [3.63, 3.8) is 0 Å². The molecule has 1 unspecified atom stereocenters. The van der Waals surface area contributed by atoms with E-state index in [1.54, 1.807) is 0 Å². The summed E-state index contributed by atoms with van der Waals surface area (Å²) < 4.78 is 0. The summed E-state index contributed by atoms with van der Waals surface area (Å²) in [5.41, 5.74) is 4.20. The average Bonchev–Trinajstić information content (AvgIpc) is 2.98. The van der Waals surface area contributed by atoms with Crippen LogP contribution in [0, 0.1) is 5.41 Å². The molecule has 0 amide bonds. The monoisotopic (exact) mass is 262 g/mol. The van der Waals surface area contributed by atoms with Crippen LogP contribution < -0.4 is 0 Å². The first-order valence-corrected chi connectivity index (χ1v) is 6.91. The van der Waals surface area contributed by atoms with Gasteiger partial charge in [-0.25, -0.2) is 0 Å². The Bertz CT molecular complexity index is 663. The summed E-state index contributed by atoms with van der Waals surface area (Å²) in [6, 6.07) is 17.3. The number of benzene rings is 2. The van der Waals surface area contributed by atoms with Gasteiger partial charge in [0.1, 0.15) is 0 Å². The SMILES string of the molecule is C=C1C(c2ccc(C(=O)c3ccccc3)cc2)C1(C)C. The molecule has 2 aromatic carbocycles. The maximum Gasteiger partial charge on any atom is 0.193 e. The van der Waals surface area contributed by atoms with Crippen LogP contribution in [0.3, 0.4) is 0 Å². The molecule has 2 aromatic rings. The van der Waals surface area contributed by atoms with Gasteiger partial charge in [-0.2, -0.15) is 0 Å². The standard InChI is InChI=1S/C19H18O/c1-13-17(19(13,2)3)14-9-11-16(12-10-14)18(20)15-7-5-4-6-8-15/h4-12,17H,1H2,2-3H3. The van der Waals surface area contributed by atoms with Gasteiger partial charge in [0.25, 0.3) is 0 Å². The number of hydrogen-bond donors (Lipinski definition) is 0. The summed E-state index contributed by atoms with van der Waals surface area (Å²) in [4.78, 5) is 12.3. The van der Waals surface area contributed by atoms with Gasteiger partial charge in [-0.3, -0.25) is 4.79 Å². The fraction of sp³-hybridized carbons (Fsp3) is 0.211. The molecule has 0 spiro atoms. The van der Waals surface area contributed by atoms with Gasteiger partial charge in [0.05, 0.1) is 0 Å². The van der Waals surface area contributed by atoms with Crippen LogP contribution in [0.5, 0.6) is 0 Å². The van der Waals surface area contributed by atoms with Gasteiger partial charge in [0.15, 0.2) is 5.78 Å². The predicted octanol–water partition coefficient (Wildman–Crippen LogP) is 4.60. The molecule has 0 radical (unpaired) electrons. The van der Waals surface area contributed by atoms with Crippen LogP contribution in [0.25, 0.3) is 0 Å². The van der Waals surface area contributed by atoms with Crippen LogP contribution in [0.4, 0.5) is 0 Å². The number of hydrogen-bond acceptors (Lipinski definition) is 1. The molecule has 1 atom stereocenters. The smallest absolute Gasteiger partial charge is 0.193 e. The first-order chi connectivity index (χ1) is 9.51. The second-order valence-corrected chi connectivity index (χ2v) is 6.00. The molecule has 1 aliphatic rings. The predicted molar refractivity (Wildman–Crippen MR) is 82.0 cm³/mol. The molecule has 1 heteroatoms. The molecule has 0 saturated heterocycles. The molecule has 3 rings (SSSR count). The maximum absolute atomic E-state index is 12.3. The zero-order valence-corrected chi connectivity index (χ0v) is 11.9. The summed E-state index contributed by atoms with van der Waals surface area (Å²) in [5, 5.41) is 0. The topological polar surface area (TPSA) is 17.1 Å². The summed E-state index contributed by atoms with van der Waals surface area (Å²) >= 11 is 0. The Morgan fingerprint density at radius 2 is 1.45 bits per heavy atom. The van der Waals surface area contributed by atoms with Gasteiger partial charge in [0, 0.05) is 17.0 Å². The number of allylic oxidation sites excluding steroid dienone is 1. The van der Waals surface area contributed by atoms with E-state index in [9.17, 15) is 4.79 Å². The Kier molecular flexibility index (Phi) is 2.86. The molecule has 0 heterocycles. The van der Waals surface area contributed by atoms with Gasteiger partial charge in [0.2, 0.25) is 0 Å². The van der Waals surface area contributed by atoms with Crippen LogP contribution in [-0.4, -0.2) is 5.78 Å². The van der Waals surface area contributed by atoms with E-state index < -0.39 is 0 Å². The highest BCUT2D eigenvalue weighted by Gasteiger charge is 2.51. The van der Waals surface area contributed by atoms with E-state index in [0.29, 0.717) is 5.92 Å². The van der Waals surface area contributed by atoms with Crippen molar-refractivity contribution in [3.05, 3.63) is 83.4 Å². The van der Waals surface area contributed by atoms with Gasteiger partial charge >= 0.3 is 0 Å². The van der Waals surface area contributed by atoms with Crippen molar-refractivity contribution in [2.75, 3.05) is 0 Å². The number of carbonyl (C=O) groups excluding carboxylic acids is 1. The second-order valence-electron chi connectivity index (χ2n) is 6.00. The molecule has 0 aliphatic heterocycles. The first kappa shape index (κ1) is 12.9. The normalized spacial score (nSPS) is 19.7. The van der Waals surface area contributed by atoms with Crippen molar-refractivity contribution in [2.45, 2.75) is 19.8 Å². The van der Waals surface area contributed by atoms with Crippen LogP contribution >= 0.6 is 0 Å². The van der Waals surface area contributed by atoms with Crippen molar-refractivity contribution >= 4 is 5.78 Å². The summed E-state index contributed by atoms with van der Waals surface area (Å²) in [6.07, 6.45) is 0. The molecular weight excluding hydrogens is 244 g/mol. The first-order valence-electron chi connectivity index (χ1n) is 6.91. The number of ketones is 1. The summed E-state index contributed by atoms with van der Waals surface area (Å²) in [6.45, 7) is 8.54. The molecule has 100 valence electrons. The Morgan fingerprint density at radius 1 is 0.950 bits per heavy atom. The summed E-state index contributed by atoms with van der Waals surface area (Å²) in [5.74, 6) is 0.509. The van der Waals surface area contributed by atoms with Crippen molar-refractivity contribution in [1.29, 1.82) is 0 Å². The van der Waals surface area contributed by atoms with Crippen molar-refractivity contribution < 1.29 is 4.79 Å². The van der Waals surface area contributed by atoms with Crippen LogP contribution in [0.2, 0.25) is 0 Å². The fourth-order valence-corrected chi connectivity index (χ4v) is 2.84. The third-order valence-corrected chi connectivity index (χ3v) is 4.36. The Balaban J connectivity index is 1.84. The van der Waals surface area contributed by atoms with Gasteiger partial charge in [-0.05, 0) is 11.0 Å². The van der Waals surface area contributed by atoms with E-state index in [1.165, 1.54) is 11.1 Å². The lowest BCUT2D eigenvalue weighted by molar-refractivity contribution is 0.103. The van der Waals surface area contributed by atoms with E-state index in [-0.39, 0.29) is 11.2 Å². The average molecular weight is 262 g/mol. The lowest BCUT2D eigenvalue weighted by Gasteiger charge is -2.05. The highest BCUT2D eigenvalue weighted by molar-refractivity contribution is 6.08. The molecule has 0 N–H and O–H groups in total. The molecule has 1 nitrogen and oxygen atoms in total. The molecule has 1 saturated carbocycles. The molecule has 0 bridgehead atoms. The lowest BCUT2D eigenvalue weighted by atomic mass is 9.98. The van der Waals surface area contributed by atoms with Crippen molar-refractivity contribution in [1.82, 2.24) is 0 Å². The Hall–Kier alpha value is -2.15. The fourth-order valence-electron chi connectivity index (χ4n) is 2.84. The van der Waals surface area contributed by atoms with E-state index in [0.717, 1.165) is 11.1 Å². The minimum Gasteiger partial charge on any atom is -0.289 e. The zero-order valence-electron chi connectivity index (χ0n) is 11.9. The third-order valence-electron chi connectivity index (χ3n) is 4.36. The molecule has 1 aliphatic carbocycles. The van der Waals surface area contributed by atoms with Gasteiger partial charge in [-0.1, -0.05) is 80.6 Å². The molecule has 20 heavy (non-hydrogen) atoms. The molecule has 1 fully saturated rings. The Labute approximate surface area is 120 Å². The number of rotatable bonds is 3. The second kappa shape index (κ2) is 4.45. The van der Waals surface area contributed by atoms with Crippen LogP contribution in [-0.2, 0) is 0 Å². The third kappa shape index (κ3) is 2.00.